The van der Waals surface area contributed by atoms with Crippen LogP contribution in [0.1, 0.15) is 44.9 Å². The van der Waals surface area contributed by atoms with E-state index in [1.807, 2.05) is 17.1 Å². The van der Waals surface area contributed by atoms with E-state index in [1.54, 1.807) is 5.01 Å². The first kappa shape index (κ1) is 21.9. The molecule has 6 unspecified atom stereocenters. The van der Waals surface area contributed by atoms with Crippen LogP contribution in [0.25, 0.3) is 0 Å². The van der Waals surface area contributed by atoms with Gasteiger partial charge in [0.05, 0.1) is 0 Å². The van der Waals surface area contributed by atoms with Gasteiger partial charge in [0, 0.05) is 37.8 Å². The number of hydrazone groups is 1. The normalized spacial score (nSPS) is 38.1. The first-order chi connectivity index (χ1) is 15.5. The van der Waals surface area contributed by atoms with Gasteiger partial charge in [0.1, 0.15) is 22.3 Å². The smallest absolute Gasteiger partial charge is 0.244 e. The first-order valence-electron chi connectivity index (χ1n) is 11.7. The number of hydrogen-bond acceptors (Lipinski definition) is 4. The Labute approximate surface area is 191 Å². The molecule has 1 saturated heterocycles. The third-order valence-corrected chi connectivity index (χ3v) is 8.95. The second-order valence-corrected chi connectivity index (χ2v) is 10.7. The maximum atomic E-state index is 14.7. The van der Waals surface area contributed by atoms with Gasteiger partial charge in [-0.3, -0.25) is 9.59 Å². The van der Waals surface area contributed by atoms with Gasteiger partial charge in [-0.05, 0) is 38.0 Å². The summed E-state index contributed by atoms with van der Waals surface area (Å²) in [5.41, 5.74) is 0. The molecule has 2 fully saturated rings. The lowest BCUT2D eigenvalue weighted by Gasteiger charge is -2.37. The second-order valence-electron chi connectivity index (χ2n) is 9.36. The average molecular weight is 462 g/mol. The Hall–Kier alpha value is -1.96. The van der Waals surface area contributed by atoms with Crippen molar-refractivity contribution in [2.24, 2.45) is 22.9 Å². The van der Waals surface area contributed by atoms with E-state index >= 15 is 0 Å². The fourth-order valence-corrected chi connectivity index (χ4v) is 7.38. The van der Waals surface area contributed by atoms with Crippen molar-refractivity contribution in [3.05, 3.63) is 36.5 Å². The van der Waals surface area contributed by atoms with E-state index < -0.39 is 23.1 Å². The predicted molar refractivity (Wildman–Crippen MR) is 121 cm³/mol. The molecule has 5 aliphatic rings. The summed E-state index contributed by atoms with van der Waals surface area (Å²) < 4.78 is 28.8. The van der Waals surface area contributed by atoms with E-state index in [2.05, 4.69) is 17.3 Å². The molecule has 8 heteroatoms. The Balaban J connectivity index is 1.36. The van der Waals surface area contributed by atoms with Gasteiger partial charge in [-0.15, -0.1) is 0 Å². The quantitative estimate of drug-likeness (QED) is 0.571. The number of alkyl halides is 2. The number of hydrogen-bond donors (Lipinski definition) is 0. The number of amides is 2. The summed E-state index contributed by atoms with van der Waals surface area (Å²) in [6.45, 7) is 1.34. The minimum atomic E-state index is -1.29. The van der Waals surface area contributed by atoms with E-state index in [0.717, 1.165) is 25.8 Å². The Morgan fingerprint density at radius 3 is 2.88 bits per heavy atom. The van der Waals surface area contributed by atoms with Crippen molar-refractivity contribution in [1.82, 2.24) is 9.91 Å². The number of nitrogens with zero attached hydrogens (tertiary/aromatic N) is 3. The molecular formula is C24H29F2N3O2S. The van der Waals surface area contributed by atoms with Crippen LogP contribution >= 0.6 is 11.8 Å². The fraction of sp³-hybridized carbons (Fsp3) is 0.625. The molecule has 0 radical (unpaired) electrons. The number of allylic oxidation sites excluding steroid dienone is 5. The molecule has 2 amide bonds. The van der Waals surface area contributed by atoms with Gasteiger partial charge in [-0.1, -0.05) is 48.2 Å². The standard InChI is InChI=1S/C24H29F2N3O2S/c25-17-9-10-20(26)18(15-17)23-27-29(22(31)8-4-14-28-13-3-7-21(28)30)24(32-23)12-11-16-5-1-2-6-19(16)24/h1-2,5-6,9-10,16-20H,3-4,7-8,11-15H2. The molecule has 0 bridgehead atoms. The zero-order valence-corrected chi connectivity index (χ0v) is 18.9. The largest absolute Gasteiger partial charge is 0.343 e. The SMILES string of the molecule is O=C1CCCN1CCCC(=O)N1N=C(C2CC(F)C=CC2F)SC12CCC1C=CC=CC12. The minimum absolute atomic E-state index is 0.0581. The van der Waals surface area contributed by atoms with Gasteiger partial charge < -0.3 is 4.90 Å². The van der Waals surface area contributed by atoms with E-state index in [4.69, 9.17) is 0 Å². The topological polar surface area (TPSA) is 53.0 Å². The Kier molecular flexibility index (Phi) is 5.99. The molecule has 2 heterocycles. The van der Waals surface area contributed by atoms with Crippen LogP contribution in [0.5, 0.6) is 0 Å². The molecule has 3 aliphatic carbocycles. The highest BCUT2D eigenvalue weighted by Crippen LogP contribution is 2.58. The molecule has 2 aliphatic heterocycles. The maximum absolute atomic E-state index is 14.7. The highest BCUT2D eigenvalue weighted by molar-refractivity contribution is 8.15. The summed E-state index contributed by atoms with van der Waals surface area (Å²) >= 11 is 1.48. The third-order valence-electron chi connectivity index (χ3n) is 7.36. The predicted octanol–water partition coefficient (Wildman–Crippen LogP) is 4.38. The number of likely N-dealkylation sites (tertiary alicyclic amines) is 1. The second kappa shape index (κ2) is 8.76. The van der Waals surface area contributed by atoms with E-state index in [9.17, 15) is 18.4 Å². The van der Waals surface area contributed by atoms with Gasteiger partial charge >= 0.3 is 0 Å². The van der Waals surface area contributed by atoms with E-state index in [-0.39, 0.29) is 30.6 Å². The van der Waals surface area contributed by atoms with Crippen LogP contribution in [0.3, 0.4) is 0 Å². The van der Waals surface area contributed by atoms with Gasteiger partial charge in [-0.25, -0.2) is 13.8 Å². The Bertz CT molecular complexity index is 904. The van der Waals surface area contributed by atoms with E-state index in [1.165, 1.54) is 23.9 Å². The fourth-order valence-electron chi connectivity index (χ4n) is 5.68. The van der Waals surface area contributed by atoms with Crippen LogP contribution in [-0.2, 0) is 9.59 Å². The van der Waals surface area contributed by atoms with Crippen molar-refractivity contribution >= 4 is 28.6 Å². The molecule has 0 aromatic carbocycles. The molecular weight excluding hydrogens is 432 g/mol. The van der Waals surface area contributed by atoms with Crippen molar-refractivity contribution in [2.45, 2.75) is 62.2 Å². The van der Waals surface area contributed by atoms with Crippen molar-refractivity contribution in [3.8, 4) is 0 Å². The summed E-state index contributed by atoms with van der Waals surface area (Å²) in [5, 5.41) is 6.81. The number of rotatable bonds is 5. The van der Waals surface area contributed by atoms with Crippen molar-refractivity contribution < 1.29 is 18.4 Å². The molecule has 0 aromatic heterocycles. The molecule has 1 spiro atoms. The molecule has 32 heavy (non-hydrogen) atoms. The summed E-state index contributed by atoms with van der Waals surface area (Å²) in [7, 11) is 0. The highest BCUT2D eigenvalue weighted by atomic mass is 32.2. The maximum Gasteiger partial charge on any atom is 0.244 e. The number of carbonyl (C=O) groups excluding carboxylic acids is 2. The van der Waals surface area contributed by atoms with Crippen molar-refractivity contribution in [1.29, 1.82) is 0 Å². The average Bonchev–Trinajstić information content (AvgIpc) is 3.49. The molecule has 0 aromatic rings. The van der Waals surface area contributed by atoms with Crippen LogP contribution in [0.2, 0.25) is 0 Å². The molecule has 0 N–H and O–H groups in total. The van der Waals surface area contributed by atoms with Crippen LogP contribution in [0.4, 0.5) is 8.78 Å². The number of fused-ring (bicyclic) bond motifs is 2. The molecule has 172 valence electrons. The van der Waals surface area contributed by atoms with Crippen LogP contribution < -0.4 is 0 Å². The Morgan fingerprint density at radius 1 is 1.22 bits per heavy atom. The molecule has 1 saturated carbocycles. The monoisotopic (exact) mass is 461 g/mol. The third kappa shape index (κ3) is 3.84. The van der Waals surface area contributed by atoms with Gasteiger partial charge in [0.25, 0.3) is 0 Å². The van der Waals surface area contributed by atoms with Gasteiger partial charge in [-0.2, -0.15) is 5.10 Å². The molecule has 6 atom stereocenters. The number of thioether (sulfide) groups is 1. The lowest BCUT2D eigenvalue weighted by atomic mass is 9.89. The van der Waals surface area contributed by atoms with Crippen LogP contribution in [0.15, 0.2) is 41.6 Å². The summed E-state index contributed by atoms with van der Waals surface area (Å²) in [6, 6.07) is 0. The highest BCUT2D eigenvalue weighted by Gasteiger charge is 2.58. The Morgan fingerprint density at radius 2 is 2.06 bits per heavy atom. The van der Waals surface area contributed by atoms with Gasteiger partial charge in [0.2, 0.25) is 11.8 Å². The van der Waals surface area contributed by atoms with Gasteiger partial charge in [0.15, 0.2) is 0 Å². The van der Waals surface area contributed by atoms with Crippen molar-refractivity contribution in [3.63, 3.8) is 0 Å². The zero-order chi connectivity index (χ0) is 22.3. The summed E-state index contributed by atoms with van der Waals surface area (Å²) in [4.78, 5) is 26.5. The number of carbonyl (C=O) groups is 2. The number of halogens is 2. The molecule has 5 nitrogen and oxygen atoms in total. The lowest BCUT2D eigenvalue weighted by molar-refractivity contribution is -0.135. The van der Waals surface area contributed by atoms with Crippen LogP contribution in [0, 0.1) is 17.8 Å². The first-order valence-corrected chi connectivity index (χ1v) is 12.5. The van der Waals surface area contributed by atoms with E-state index in [0.29, 0.717) is 30.3 Å². The van der Waals surface area contributed by atoms with Crippen LogP contribution in [-0.4, -0.2) is 57.1 Å². The summed E-state index contributed by atoms with van der Waals surface area (Å²) in [6.07, 6.45) is 12.5. The lowest BCUT2D eigenvalue weighted by Crippen LogP contribution is -2.47. The zero-order valence-electron chi connectivity index (χ0n) is 18.0. The summed E-state index contributed by atoms with van der Waals surface area (Å²) in [5.74, 6) is -0.175. The minimum Gasteiger partial charge on any atom is -0.343 e. The van der Waals surface area contributed by atoms with Crippen molar-refractivity contribution in [2.75, 3.05) is 13.1 Å². The molecule has 5 rings (SSSR count).